The summed E-state index contributed by atoms with van der Waals surface area (Å²) in [5.74, 6) is 0.377. The van der Waals surface area contributed by atoms with Crippen LogP contribution in [0.2, 0.25) is 0 Å². The van der Waals surface area contributed by atoms with Crippen LogP contribution in [0.4, 0.5) is 0 Å². The van der Waals surface area contributed by atoms with Gasteiger partial charge in [-0.1, -0.05) is 18.2 Å². The van der Waals surface area contributed by atoms with Crippen molar-refractivity contribution in [1.82, 2.24) is 15.1 Å². The molecule has 0 saturated carbocycles. The lowest BCUT2D eigenvalue weighted by Crippen LogP contribution is -3.15. The van der Waals surface area contributed by atoms with Crippen LogP contribution in [-0.4, -0.2) is 73.8 Å². The maximum absolute atomic E-state index is 12.5. The molecule has 0 bridgehead atoms. The number of nitrogens with one attached hydrogen (secondary N) is 2. The molecular weight excluding hydrogens is 372 g/mol. The summed E-state index contributed by atoms with van der Waals surface area (Å²) in [6, 6.07) is 12.8. The van der Waals surface area contributed by atoms with E-state index in [1.54, 1.807) is 25.4 Å². The molecule has 1 aliphatic rings. The van der Waals surface area contributed by atoms with Crippen LogP contribution in [0.25, 0.3) is 0 Å². The lowest BCUT2D eigenvalue weighted by atomic mass is 10.2. The van der Waals surface area contributed by atoms with Crippen molar-refractivity contribution in [2.45, 2.75) is 6.54 Å². The van der Waals surface area contributed by atoms with Gasteiger partial charge in [0.15, 0.2) is 6.54 Å². The number of quaternary nitrogens is 1. The zero-order valence-electron chi connectivity index (χ0n) is 16.6. The highest BCUT2D eigenvalue weighted by molar-refractivity contribution is 5.94. The van der Waals surface area contributed by atoms with Crippen LogP contribution < -0.4 is 10.2 Å². The van der Waals surface area contributed by atoms with Crippen molar-refractivity contribution in [2.24, 2.45) is 0 Å². The minimum atomic E-state index is -0.231. The van der Waals surface area contributed by atoms with Crippen molar-refractivity contribution < 1.29 is 23.7 Å². The predicted octanol–water partition coefficient (Wildman–Crippen LogP) is -0.605. The third-order valence-electron chi connectivity index (χ3n) is 5.03. The molecule has 2 N–H and O–H groups in total. The van der Waals surface area contributed by atoms with Crippen molar-refractivity contribution in [3.63, 3.8) is 0 Å². The maximum atomic E-state index is 12.5. The summed E-state index contributed by atoms with van der Waals surface area (Å²) >= 11 is 0. The Kier molecular flexibility index (Phi) is 7.02. The van der Waals surface area contributed by atoms with Gasteiger partial charge in [0.25, 0.3) is 11.8 Å². The SMILES string of the molecule is CN(CC(=O)NCc1ccco1)C(=O)C[NH+]1CCN(C(=O)c2ccccc2)CC1. The first-order valence-electron chi connectivity index (χ1n) is 9.74. The van der Waals surface area contributed by atoms with Gasteiger partial charge in [0.05, 0.1) is 45.5 Å². The second-order valence-electron chi connectivity index (χ2n) is 7.19. The van der Waals surface area contributed by atoms with Crippen molar-refractivity contribution in [1.29, 1.82) is 0 Å². The number of benzene rings is 1. The Morgan fingerprint density at radius 3 is 2.48 bits per heavy atom. The molecule has 2 aromatic rings. The molecule has 0 unspecified atom stereocenters. The van der Waals surface area contributed by atoms with Gasteiger partial charge < -0.3 is 24.4 Å². The Morgan fingerprint density at radius 2 is 1.83 bits per heavy atom. The number of carbonyl (C=O) groups excluding carboxylic acids is 3. The lowest BCUT2D eigenvalue weighted by Gasteiger charge is -2.32. The number of hydrogen-bond donors (Lipinski definition) is 2. The summed E-state index contributed by atoms with van der Waals surface area (Å²) in [4.78, 5) is 41.3. The first-order chi connectivity index (χ1) is 14.0. The minimum absolute atomic E-state index is 0.00540. The van der Waals surface area contributed by atoms with Crippen molar-refractivity contribution in [3.8, 4) is 0 Å². The molecule has 3 rings (SSSR count). The smallest absolute Gasteiger partial charge is 0.277 e. The fraction of sp³-hybridized carbons (Fsp3) is 0.381. The summed E-state index contributed by atoms with van der Waals surface area (Å²) in [7, 11) is 1.63. The summed E-state index contributed by atoms with van der Waals surface area (Å²) < 4.78 is 5.16. The molecule has 0 radical (unpaired) electrons. The summed E-state index contributed by atoms with van der Waals surface area (Å²) in [5.41, 5.74) is 0.687. The zero-order valence-corrected chi connectivity index (χ0v) is 16.6. The summed E-state index contributed by atoms with van der Waals surface area (Å²) in [6.07, 6.45) is 1.55. The van der Waals surface area contributed by atoms with Crippen LogP contribution >= 0.6 is 0 Å². The fourth-order valence-corrected chi connectivity index (χ4v) is 3.27. The molecule has 1 aromatic carbocycles. The highest BCUT2D eigenvalue weighted by atomic mass is 16.3. The van der Waals surface area contributed by atoms with Gasteiger partial charge in [0, 0.05) is 12.6 Å². The van der Waals surface area contributed by atoms with E-state index in [4.69, 9.17) is 4.42 Å². The van der Waals surface area contributed by atoms with Crippen molar-refractivity contribution in [2.75, 3.05) is 46.3 Å². The van der Waals surface area contributed by atoms with E-state index >= 15 is 0 Å². The molecule has 1 saturated heterocycles. The van der Waals surface area contributed by atoms with E-state index < -0.39 is 0 Å². The molecule has 1 fully saturated rings. The van der Waals surface area contributed by atoms with Crippen LogP contribution in [0, 0.1) is 0 Å². The van der Waals surface area contributed by atoms with Gasteiger partial charge >= 0.3 is 0 Å². The number of piperazine rings is 1. The van der Waals surface area contributed by atoms with E-state index in [-0.39, 0.29) is 24.3 Å². The van der Waals surface area contributed by atoms with Gasteiger partial charge in [-0.15, -0.1) is 0 Å². The van der Waals surface area contributed by atoms with Crippen LogP contribution in [-0.2, 0) is 16.1 Å². The quantitative estimate of drug-likeness (QED) is 0.651. The van der Waals surface area contributed by atoms with E-state index in [0.717, 1.165) is 4.90 Å². The Labute approximate surface area is 170 Å². The first kappa shape index (κ1) is 20.6. The normalized spacial score (nSPS) is 14.4. The molecule has 29 heavy (non-hydrogen) atoms. The Balaban J connectivity index is 1.38. The number of carbonyl (C=O) groups is 3. The average molecular weight is 399 g/mol. The van der Waals surface area contributed by atoms with Gasteiger partial charge in [0.2, 0.25) is 5.91 Å². The molecule has 2 heterocycles. The van der Waals surface area contributed by atoms with Gasteiger partial charge in [-0.3, -0.25) is 14.4 Å². The Bertz CT molecular complexity index is 814. The van der Waals surface area contributed by atoms with Crippen molar-refractivity contribution in [3.05, 3.63) is 60.1 Å². The van der Waals surface area contributed by atoms with Crippen molar-refractivity contribution >= 4 is 17.7 Å². The third-order valence-corrected chi connectivity index (χ3v) is 5.03. The topological polar surface area (TPSA) is 87.3 Å². The van der Waals surface area contributed by atoms with Crippen LogP contribution in [0.15, 0.2) is 53.1 Å². The summed E-state index contributed by atoms with van der Waals surface area (Å²) in [6.45, 7) is 3.27. The van der Waals surface area contributed by atoms with Crippen LogP contribution in [0.5, 0.6) is 0 Å². The molecule has 0 atom stereocenters. The molecule has 3 amide bonds. The highest BCUT2D eigenvalue weighted by Crippen LogP contribution is 2.04. The molecule has 1 aromatic heterocycles. The van der Waals surface area contributed by atoms with E-state index in [0.29, 0.717) is 50.6 Å². The van der Waals surface area contributed by atoms with E-state index in [2.05, 4.69) is 5.32 Å². The summed E-state index contributed by atoms with van der Waals surface area (Å²) in [5, 5.41) is 2.73. The lowest BCUT2D eigenvalue weighted by molar-refractivity contribution is -0.896. The molecule has 8 nitrogen and oxygen atoms in total. The number of furan rings is 1. The highest BCUT2D eigenvalue weighted by Gasteiger charge is 2.27. The molecule has 1 aliphatic heterocycles. The number of hydrogen-bond acceptors (Lipinski definition) is 4. The Hall–Kier alpha value is -3.13. The molecule has 0 aliphatic carbocycles. The predicted molar refractivity (Wildman–Crippen MR) is 106 cm³/mol. The van der Waals surface area contributed by atoms with E-state index in [1.807, 2.05) is 35.2 Å². The Morgan fingerprint density at radius 1 is 1.10 bits per heavy atom. The molecule has 154 valence electrons. The van der Waals surface area contributed by atoms with Gasteiger partial charge in [-0.2, -0.15) is 0 Å². The number of amides is 3. The standard InChI is InChI=1S/C21H26N4O4/c1-23(15-19(26)22-14-18-8-5-13-29-18)20(27)16-24-9-11-25(12-10-24)21(28)17-6-3-2-4-7-17/h2-8,13H,9-12,14-16H2,1H3,(H,22,26)/p+1. The first-order valence-corrected chi connectivity index (χ1v) is 9.74. The van der Waals surface area contributed by atoms with E-state index in [1.165, 1.54) is 4.90 Å². The van der Waals surface area contributed by atoms with Crippen LogP contribution in [0.3, 0.4) is 0 Å². The number of nitrogens with zero attached hydrogens (tertiary/aromatic N) is 2. The van der Waals surface area contributed by atoms with E-state index in [9.17, 15) is 14.4 Å². The molecule has 8 heteroatoms. The number of rotatable bonds is 7. The zero-order chi connectivity index (χ0) is 20.6. The van der Waals surface area contributed by atoms with Crippen LogP contribution in [0.1, 0.15) is 16.1 Å². The monoisotopic (exact) mass is 399 g/mol. The maximum Gasteiger partial charge on any atom is 0.277 e. The van der Waals surface area contributed by atoms with Gasteiger partial charge in [0.1, 0.15) is 5.76 Å². The minimum Gasteiger partial charge on any atom is -0.467 e. The average Bonchev–Trinajstić information content (AvgIpc) is 3.26. The number of likely N-dealkylation sites (N-methyl/N-ethyl adjacent to an activating group) is 1. The fourth-order valence-electron chi connectivity index (χ4n) is 3.27. The second kappa shape index (κ2) is 9.88. The largest absolute Gasteiger partial charge is 0.467 e. The molecule has 0 spiro atoms. The molecular formula is C21H27N4O4+. The third kappa shape index (κ3) is 5.92. The second-order valence-corrected chi connectivity index (χ2v) is 7.19. The van der Waals surface area contributed by atoms with Gasteiger partial charge in [-0.25, -0.2) is 0 Å². The van der Waals surface area contributed by atoms with Gasteiger partial charge in [-0.05, 0) is 24.3 Å².